The highest BCUT2D eigenvalue weighted by atomic mass is 35.5. The fourth-order valence-electron chi connectivity index (χ4n) is 1.23. The summed E-state index contributed by atoms with van der Waals surface area (Å²) in [5, 5.41) is 5.99. The first-order valence-electron chi connectivity index (χ1n) is 5.58. The van der Waals surface area contributed by atoms with Gasteiger partial charge in [-0.05, 0) is 18.2 Å². The van der Waals surface area contributed by atoms with Crippen LogP contribution in [-0.2, 0) is 9.59 Å². The van der Waals surface area contributed by atoms with E-state index in [9.17, 15) is 9.59 Å². The Morgan fingerprint density at radius 1 is 1.21 bits per heavy atom. The van der Waals surface area contributed by atoms with Crippen LogP contribution < -0.4 is 15.4 Å². The third-order valence-electron chi connectivity index (χ3n) is 2.07. The van der Waals surface area contributed by atoms with Gasteiger partial charge in [0, 0.05) is 25.0 Å². The summed E-state index contributed by atoms with van der Waals surface area (Å²) < 4.78 is 5.24. The number of benzene rings is 1. The van der Waals surface area contributed by atoms with Gasteiger partial charge in [0.25, 0.3) is 5.91 Å². The number of carbonyl (C=O) groups excluding carboxylic acids is 2. The predicted octanol–water partition coefficient (Wildman–Crippen LogP) is 1.62. The zero-order valence-electron chi connectivity index (χ0n) is 10.3. The van der Waals surface area contributed by atoms with Crippen LogP contribution in [0.15, 0.2) is 18.2 Å². The van der Waals surface area contributed by atoms with E-state index in [1.807, 2.05) is 0 Å². The van der Waals surface area contributed by atoms with Crippen LogP contribution in [0, 0.1) is 0 Å². The monoisotopic (exact) mass is 304 g/mol. The van der Waals surface area contributed by atoms with Gasteiger partial charge in [-0.2, -0.15) is 0 Å². The van der Waals surface area contributed by atoms with Crippen LogP contribution >= 0.6 is 23.2 Å². The van der Waals surface area contributed by atoms with Gasteiger partial charge in [0.15, 0.2) is 6.61 Å². The minimum atomic E-state index is -0.295. The lowest BCUT2D eigenvalue weighted by Gasteiger charge is -2.09. The smallest absolute Gasteiger partial charge is 0.258 e. The van der Waals surface area contributed by atoms with Crippen molar-refractivity contribution < 1.29 is 14.3 Å². The molecule has 104 valence electrons. The lowest BCUT2D eigenvalue weighted by molar-refractivity contribution is -0.123. The minimum absolute atomic E-state index is 0.140. The van der Waals surface area contributed by atoms with Crippen molar-refractivity contribution >= 4 is 35.0 Å². The summed E-state index contributed by atoms with van der Waals surface area (Å²) in [5.74, 6) is -0.0436. The Morgan fingerprint density at radius 3 is 2.53 bits per heavy atom. The van der Waals surface area contributed by atoms with Crippen LogP contribution in [0.5, 0.6) is 5.75 Å². The molecular weight excluding hydrogens is 291 g/mol. The fraction of sp³-hybridized carbons (Fsp3) is 0.333. The molecule has 1 rings (SSSR count). The molecule has 1 aromatic rings. The van der Waals surface area contributed by atoms with Crippen molar-refractivity contribution in [3.63, 3.8) is 0 Å². The van der Waals surface area contributed by atoms with E-state index in [1.165, 1.54) is 13.0 Å². The molecule has 0 spiro atoms. The van der Waals surface area contributed by atoms with Gasteiger partial charge < -0.3 is 15.4 Å². The average molecular weight is 305 g/mol. The van der Waals surface area contributed by atoms with Crippen molar-refractivity contribution in [2.24, 2.45) is 0 Å². The minimum Gasteiger partial charge on any atom is -0.482 e. The Morgan fingerprint density at radius 2 is 1.89 bits per heavy atom. The maximum Gasteiger partial charge on any atom is 0.258 e. The van der Waals surface area contributed by atoms with Gasteiger partial charge in [0.1, 0.15) is 5.75 Å². The SMILES string of the molecule is CC(=O)NCCNC(=O)COc1ccc(Cl)cc1Cl. The highest BCUT2D eigenvalue weighted by molar-refractivity contribution is 6.35. The van der Waals surface area contributed by atoms with Crippen molar-refractivity contribution in [1.82, 2.24) is 10.6 Å². The number of hydrogen-bond acceptors (Lipinski definition) is 3. The van der Waals surface area contributed by atoms with E-state index in [-0.39, 0.29) is 18.4 Å². The van der Waals surface area contributed by atoms with E-state index in [0.717, 1.165) is 0 Å². The largest absolute Gasteiger partial charge is 0.482 e. The van der Waals surface area contributed by atoms with Gasteiger partial charge in [0.05, 0.1) is 5.02 Å². The zero-order valence-corrected chi connectivity index (χ0v) is 11.8. The van der Waals surface area contributed by atoms with E-state index in [0.29, 0.717) is 28.9 Å². The third kappa shape index (κ3) is 6.31. The molecule has 0 heterocycles. The fourth-order valence-corrected chi connectivity index (χ4v) is 1.69. The predicted molar refractivity (Wildman–Crippen MR) is 73.7 cm³/mol. The van der Waals surface area contributed by atoms with E-state index < -0.39 is 0 Å². The summed E-state index contributed by atoms with van der Waals surface area (Å²) in [4.78, 5) is 22.0. The molecule has 0 aromatic heterocycles. The zero-order chi connectivity index (χ0) is 14.3. The van der Waals surface area contributed by atoms with Gasteiger partial charge in [-0.25, -0.2) is 0 Å². The summed E-state index contributed by atoms with van der Waals surface area (Å²) in [7, 11) is 0. The van der Waals surface area contributed by atoms with Crippen molar-refractivity contribution in [2.75, 3.05) is 19.7 Å². The molecule has 0 radical (unpaired) electrons. The molecule has 0 unspecified atom stereocenters. The van der Waals surface area contributed by atoms with Crippen LogP contribution in [0.4, 0.5) is 0 Å². The summed E-state index contributed by atoms with van der Waals surface area (Å²) in [6.07, 6.45) is 0. The van der Waals surface area contributed by atoms with Crippen LogP contribution in [-0.4, -0.2) is 31.5 Å². The third-order valence-corrected chi connectivity index (χ3v) is 2.60. The van der Waals surface area contributed by atoms with Crippen LogP contribution in [0.1, 0.15) is 6.92 Å². The van der Waals surface area contributed by atoms with Gasteiger partial charge in [-0.15, -0.1) is 0 Å². The maximum absolute atomic E-state index is 11.4. The van der Waals surface area contributed by atoms with Crippen molar-refractivity contribution in [3.8, 4) is 5.75 Å². The molecule has 0 bridgehead atoms. The standard InChI is InChI=1S/C12H14Cl2N2O3/c1-8(17)15-4-5-16-12(18)7-19-11-3-2-9(13)6-10(11)14/h2-3,6H,4-5,7H2,1H3,(H,15,17)(H,16,18). The van der Waals surface area contributed by atoms with Gasteiger partial charge in [-0.1, -0.05) is 23.2 Å². The first-order valence-corrected chi connectivity index (χ1v) is 6.33. The highest BCUT2D eigenvalue weighted by Crippen LogP contribution is 2.27. The van der Waals surface area contributed by atoms with Crippen molar-refractivity contribution in [1.29, 1.82) is 0 Å². The highest BCUT2D eigenvalue weighted by Gasteiger charge is 2.06. The number of carbonyl (C=O) groups is 2. The maximum atomic E-state index is 11.4. The molecule has 2 N–H and O–H groups in total. The first-order chi connectivity index (χ1) is 8.99. The van der Waals surface area contributed by atoms with E-state index >= 15 is 0 Å². The summed E-state index contributed by atoms with van der Waals surface area (Å²) >= 11 is 11.6. The molecule has 7 heteroatoms. The number of halogens is 2. The summed E-state index contributed by atoms with van der Waals surface area (Å²) in [5.41, 5.74) is 0. The first kappa shape index (κ1) is 15.6. The number of rotatable bonds is 6. The number of ether oxygens (including phenoxy) is 1. The normalized spacial score (nSPS) is 9.84. The van der Waals surface area contributed by atoms with Crippen LogP contribution in [0.3, 0.4) is 0 Å². The van der Waals surface area contributed by atoms with Crippen molar-refractivity contribution in [2.45, 2.75) is 6.92 Å². The molecule has 0 saturated carbocycles. The molecule has 0 fully saturated rings. The Hall–Kier alpha value is -1.46. The molecule has 0 atom stereocenters. The molecule has 1 aromatic carbocycles. The molecular formula is C12H14Cl2N2O3. The molecule has 0 aliphatic heterocycles. The molecule has 0 aliphatic rings. The van der Waals surface area contributed by atoms with Crippen LogP contribution in [0.2, 0.25) is 10.0 Å². The molecule has 2 amide bonds. The summed E-state index contributed by atoms with van der Waals surface area (Å²) in [6.45, 7) is 1.98. The van der Waals surface area contributed by atoms with Gasteiger partial charge in [-0.3, -0.25) is 9.59 Å². The van der Waals surface area contributed by atoms with Crippen LogP contribution in [0.25, 0.3) is 0 Å². The van der Waals surface area contributed by atoms with E-state index in [1.54, 1.807) is 12.1 Å². The molecule has 0 aliphatic carbocycles. The van der Waals surface area contributed by atoms with Crippen molar-refractivity contribution in [3.05, 3.63) is 28.2 Å². The lowest BCUT2D eigenvalue weighted by Crippen LogP contribution is -2.36. The number of amides is 2. The van der Waals surface area contributed by atoms with Gasteiger partial charge in [0.2, 0.25) is 5.91 Å². The number of hydrogen-bond donors (Lipinski definition) is 2. The molecule has 19 heavy (non-hydrogen) atoms. The average Bonchev–Trinajstić information content (AvgIpc) is 2.33. The second-order valence-electron chi connectivity index (χ2n) is 3.70. The lowest BCUT2D eigenvalue weighted by atomic mass is 10.3. The second kappa shape index (κ2) is 7.86. The Kier molecular flexibility index (Phi) is 6.45. The number of nitrogens with one attached hydrogen (secondary N) is 2. The van der Waals surface area contributed by atoms with E-state index in [4.69, 9.17) is 27.9 Å². The Bertz CT molecular complexity index is 466. The Labute approximate surface area is 121 Å². The Balaban J connectivity index is 2.28. The quantitative estimate of drug-likeness (QED) is 0.785. The second-order valence-corrected chi connectivity index (χ2v) is 4.54. The molecule has 0 saturated heterocycles. The topological polar surface area (TPSA) is 67.4 Å². The summed E-state index contributed by atoms with van der Waals surface area (Å²) in [6, 6.07) is 4.75. The molecule has 5 nitrogen and oxygen atoms in total. The van der Waals surface area contributed by atoms with E-state index in [2.05, 4.69) is 10.6 Å². The van der Waals surface area contributed by atoms with Gasteiger partial charge >= 0.3 is 0 Å².